The van der Waals surface area contributed by atoms with Crippen molar-refractivity contribution in [2.45, 2.75) is 59.5 Å². The third kappa shape index (κ3) is 5.50. The molecule has 1 atom stereocenters. The van der Waals surface area contributed by atoms with E-state index in [0.717, 1.165) is 6.42 Å². The van der Waals surface area contributed by atoms with Gasteiger partial charge in [0.05, 0.1) is 0 Å². The van der Waals surface area contributed by atoms with Gasteiger partial charge in [-0.25, -0.2) is 0 Å². The number of halogens is 3. The van der Waals surface area contributed by atoms with E-state index in [2.05, 4.69) is 79.0 Å². The molecule has 2 rings (SSSR count). The van der Waals surface area contributed by atoms with Crippen LogP contribution in [0.15, 0.2) is 33.4 Å². The summed E-state index contributed by atoms with van der Waals surface area (Å²) in [5, 5.41) is 3.40. The summed E-state index contributed by atoms with van der Waals surface area (Å²) in [7, 11) is -1.60. The molecule has 5 heteroatoms. The zero-order chi connectivity index (χ0) is 15.6. The molecule has 0 saturated heterocycles. The number of benzene rings is 1. The summed E-state index contributed by atoms with van der Waals surface area (Å²) in [4.78, 5) is 0. The Balaban J connectivity index is 0. The van der Waals surface area contributed by atoms with Crippen LogP contribution in [-0.2, 0) is 20.4 Å². The second kappa shape index (κ2) is 11.3. The average molecular weight is 438 g/mol. The van der Waals surface area contributed by atoms with Crippen LogP contribution >= 0.6 is 0 Å². The molecule has 0 spiro atoms. The molecule has 0 aliphatic heterocycles. The molecular weight excluding hydrogens is 411 g/mol. The van der Waals surface area contributed by atoms with Gasteiger partial charge in [-0.3, -0.25) is 0 Å². The Morgan fingerprint density at radius 2 is 1.58 bits per heavy atom. The molecule has 1 unspecified atom stereocenters. The van der Waals surface area contributed by atoms with Crippen molar-refractivity contribution in [2.24, 2.45) is 0 Å². The van der Waals surface area contributed by atoms with Crippen molar-refractivity contribution < 1.29 is 57.7 Å². The minimum atomic E-state index is -1.60. The predicted octanol–water partition coefficient (Wildman–Crippen LogP) is -3.99. The van der Waals surface area contributed by atoms with Crippen LogP contribution in [0.25, 0.3) is 0 Å². The summed E-state index contributed by atoms with van der Waals surface area (Å²) in [5.74, 6) is 0. The van der Waals surface area contributed by atoms with Gasteiger partial charge in [-0.15, -0.1) is 0 Å². The topological polar surface area (TPSA) is 0 Å². The Bertz CT molecular complexity index is 588. The molecule has 0 N–H and O–H groups in total. The van der Waals surface area contributed by atoms with E-state index >= 15 is 0 Å². The first-order valence-electron chi connectivity index (χ1n) is 8.10. The molecule has 0 radical (unpaired) electrons. The first-order chi connectivity index (χ1) is 9.90. The number of unbranched alkanes of at least 4 members (excludes halogenated alkanes) is 1. The van der Waals surface area contributed by atoms with Gasteiger partial charge in [0.2, 0.25) is 0 Å². The van der Waals surface area contributed by atoms with Gasteiger partial charge in [-0.2, -0.15) is 0 Å². The normalized spacial score (nSPS) is 15.3. The monoisotopic (exact) mass is 436 g/mol. The molecule has 0 bridgehead atoms. The number of aryl methyl sites for hydroxylation is 3. The van der Waals surface area contributed by atoms with Gasteiger partial charge in [0, 0.05) is 0 Å². The van der Waals surface area contributed by atoms with Crippen LogP contribution in [0, 0.1) is 20.8 Å². The third-order valence-electron chi connectivity index (χ3n) is 4.79. The fraction of sp³-hybridized carbons (Fsp3) is 0.474. The second-order valence-corrected chi connectivity index (χ2v) is 11.9. The molecular formula is C19H27Cl3SiTi. The van der Waals surface area contributed by atoms with Crippen molar-refractivity contribution in [3.05, 3.63) is 50.0 Å². The van der Waals surface area contributed by atoms with Gasteiger partial charge in [0.15, 0.2) is 0 Å². The zero-order valence-corrected chi connectivity index (χ0v) is 20.1. The predicted molar refractivity (Wildman–Crippen MR) is 92.4 cm³/mol. The average Bonchev–Trinajstić information content (AvgIpc) is 2.82. The van der Waals surface area contributed by atoms with Gasteiger partial charge in [0.25, 0.3) is 0 Å². The summed E-state index contributed by atoms with van der Waals surface area (Å²) in [6, 6.07) is 6.15. The van der Waals surface area contributed by atoms with Gasteiger partial charge < -0.3 is 37.2 Å². The van der Waals surface area contributed by atoms with Gasteiger partial charge >= 0.3 is 143 Å². The summed E-state index contributed by atoms with van der Waals surface area (Å²) in [6.07, 6.45) is 8.60. The Morgan fingerprint density at radius 1 is 1.04 bits per heavy atom. The van der Waals surface area contributed by atoms with Crippen LogP contribution < -0.4 is 42.4 Å². The molecule has 1 aromatic rings. The molecule has 24 heavy (non-hydrogen) atoms. The van der Waals surface area contributed by atoms with Crippen LogP contribution in [0.4, 0.5) is 0 Å². The minimum absolute atomic E-state index is 0. The SMILES string of the molecule is CCCC[Si](C)(C1=[C]([Ti+3])CC=C1)c1c(C)cc(C)cc1C.[Cl-].[Cl-].[Cl-]. The van der Waals surface area contributed by atoms with E-state index in [1.54, 1.807) is 14.3 Å². The number of hydrogen-bond donors (Lipinski definition) is 0. The Hall–Kier alpha value is 0.501. The first kappa shape index (κ1) is 26.7. The van der Waals surface area contributed by atoms with E-state index in [1.807, 2.05) is 0 Å². The smallest absolute Gasteiger partial charge is 1.00 e. The summed E-state index contributed by atoms with van der Waals surface area (Å²) in [6.45, 7) is 11.8. The molecule has 0 fully saturated rings. The maximum atomic E-state index is 2.60. The summed E-state index contributed by atoms with van der Waals surface area (Å²) in [5.41, 5.74) is 4.42. The van der Waals surface area contributed by atoms with Crippen molar-refractivity contribution in [2.75, 3.05) is 0 Å². The van der Waals surface area contributed by atoms with Crippen LogP contribution in [-0.4, -0.2) is 8.07 Å². The van der Waals surface area contributed by atoms with E-state index in [-0.39, 0.29) is 37.2 Å². The molecule has 1 aliphatic carbocycles. The number of hydrogen-bond acceptors (Lipinski definition) is 0. The van der Waals surface area contributed by atoms with E-state index in [4.69, 9.17) is 0 Å². The molecule has 0 aromatic heterocycles. The first-order valence-corrected chi connectivity index (χ1v) is 11.6. The Kier molecular flexibility index (Phi) is 12.5. The molecule has 1 aromatic carbocycles. The van der Waals surface area contributed by atoms with Crippen molar-refractivity contribution in [3.8, 4) is 0 Å². The molecule has 0 nitrogen and oxygen atoms in total. The van der Waals surface area contributed by atoms with Gasteiger partial charge in [-0.1, -0.05) is 0 Å². The Morgan fingerprint density at radius 3 is 2.00 bits per heavy atom. The van der Waals surface area contributed by atoms with E-state index in [9.17, 15) is 0 Å². The molecule has 0 saturated carbocycles. The molecule has 0 heterocycles. The van der Waals surface area contributed by atoms with Crippen LogP contribution in [0.2, 0.25) is 12.6 Å². The van der Waals surface area contributed by atoms with Crippen molar-refractivity contribution in [1.82, 2.24) is 0 Å². The van der Waals surface area contributed by atoms with Crippen molar-refractivity contribution in [1.29, 1.82) is 0 Å². The maximum absolute atomic E-state index is 2.60. The number of allylic oxidation sites excluding steroid dienone is 4. The molecule has 1 aliphatic rings. The summed E-state index contributed by atoms with van der Waals surface area (Å²) >= 11 is 2.34. The fourth-order valence-electron chi connectivity index (χ4n) is 4.00. The molecule has 0 amide bonds. The van der Waals surface area contributed by atoms with Crippen molar-refractivity contribution >= 4 is 13.3 Å². The largest absolute Gasteiger partial charge is 1.00 e. The maximum Gasteiger partial charge on any atom is -1.00 e. The quantitative estimate of drug-likeness (QED) is 0.412. The van der Waals surface area contributed by atoms with Crippen LogP contribution in [0.1, 0.15) is 42.9 Å². The van der Waals surface area contributed by atoms with Crippen LogP contribution in [0.3, 0.4) is 0 Å². The van der Waals surface area contributed by atoms with Crippen molar-refractivity contribution in [3.63, 3.8) is 0 Å². The van der Waals surface area contributed by atoms with Gasteiger partial charge in [-0.05, 0) is 0 Å². The zero-order valence-electron chi connectivity index (χ0n) is 15.3. The minimum Gasteiger partial charge on any atom is -1.00 e. The third-order valence-corrected chi connectivity index (χ3v) is 10.8. The van der Waals surface area contributed by atoms with E-state index < -0.39 is 8.07 Å². The van der Waals surface area contributed by atoms with E-state index in [1.165, 1.54) is 35.6 Å². The van der Waals surface area contributed by atoms with E-state index in [0.29, 0.717) is 0 Å². The summed E-state index contributed by atoms with van der Waals surface area (Å²) < 4.78 is 1.61. The fourth-order valence-corrected chi connectivity index (χ4v) is 10.6. The second-order valence-electron chi connectivity index (χ2n) is 6.71. The standard InChI is InChI=1S/C19H27Si.3ClH.Ti/c1-6-7-12-20(5,18-10-8-9-11-18)19-16(3)13-15(2)14-17(19)4;;;;/h8,10,13-14H,6-7,9,12H2,1-5H3;3*1H;/q;;;;+3/p-3. The number of rotatable bonds is 5. The van der Waals surface area contributed by atoms with Crippen LogP contribution in [0.5, 0.6) is 0 Å². The Labute approximate surface area is 179 Å². The van der Waals surface area contributed by atoms with Gasteiger partial charge in [0.1, 0.15) is 0 Å². The molecule has 132 valence electrons.